The zero-order valence-corrected chi connectivity index (χ0v) is 9.48. The Morgan fingerprint density at radius 1 is 1.25 bits per heavy atom. The van der Waals surface area contributed by atoms with E-state index in [1.54, 1.807) is 35.1 Å². The molecule has 0 aliphatic heterocycles. The highest BCUT2D eigenvalue weighted by Gasteiger charge is 2.06. The van der Waals surface area contributed by atoms with Crippen LogP contribution < -0.4 is 5.73 Å². The normalized spacial score (nSPS) is 11.6. The average molecular weight is 237 g/mol. The minimum atomic E-state index is -3.15. The van der Waals surface area contributed by atoms with Crippen molar-refractivity contribution in [2.24, 2.45) is 0 Å². The van der Waals surface area contributed by atoms with Crippen LogP contribution in [-0.4, -0.2) is 24.5 Å². The Bertz CT molecular complexity index is 599. The maximum atomic E-state index is 11.2. The second kappa shape index (κ2) is 3.64. The van der Waals surface area contributed by atoms with Crippen molar-refractivity contribution in [1.82, 2.24) is 9.78 Å². The molecular weight excluding hydrogens is 226 g/mol. The van der Waals surface area contributed by atoms with Crippen LogP contribution in [0.25, 0.3) is 5.69 Å². The van der Waals surface area contributed by atoms with Gasteiger partial charge in [0, 0.05) is 6.26 Å². The first-order chi connectivity index (χ1) is 7.47. The predicted octanol–water partition coefficient (Wildman–Crippen LogP) is 0.858. The molecule has 0 atom stereocenters. The molecule has 2 aromatic rings. The fourth-order valence-corrected chi connectivity index (χ4v) is 1.95. The third kappa shape index (κ3) is 2.06. The van der Waals surface area contributed by atoms with Crippen molar-refractivity contribution in [1.29, 1.82) is 0 Å². The fraction of sp³-hybridized carbons (Fsp3) is 0.100. The highest BCUT2D eigenvalue weighted by molar-refractivity contribution is 7.90. The summed E-state index contributed by atoms with van der Waals surface area (Å²) in [5.74, 6) is 0. The summed E-state index contributed by atoms with van der Waals surface area (Å²) in [6.07, 6.45) is 4.37. The van der Waals surface area contributed by atoms with Crippen LogP contribution in [-0.2, 0) is 9.84 Å². The summed E-state index contributed by atoms with van der Waals surface area (Å²) < 4.78 is 24.1. The molecule has 1 aromatic carbocycles. The Balaban J connectivity index is 2.40. The molecule has 0 fully saturated rings. The van der Waals surface area contributed by atoms with Crippen LogP contribution in [0.15, 0.2) is 41.6 Å². The second-order valence-electron chi connectivity index (χ2n) is 3.48. The molecule has 0 spiro atoms. The van der Waals surface area contributed by atoms with E-state index >= 15 is 0 Å². The van der Waals surface area contributed by atoms with Crippen LogP contribution in [0.1, 0.15) is 0 Å². The predicted molar refractivity (Wildman–Crippen MR) is 61.1 cm³/mol. The molecule has 0 saturated carbocycles. The van der Waals surface area contributed by atoms with E-state index < -0.39 is 9.84 Å². The molecule has 0 bridgehead atoms. The molecule has 0 radical (unpaired) electrons. The molecular formula is C10H11N3O2S. The van der Waals surface area contributed by atoms with Gasteiger partial charge in [0.05, 0.1) is 28.7 Å². The number of sulfone groups is 1. The molecule has 2 N–H and O–H groups in total. The minimum absolute atomic E-state index is 0.288. The van der Waals surface area contributed by atoms with Crippen LogP contribution in [0.4, 0.5) is 5.69 Å². The van der Waals surface area contributed by atoms with Gasteiger partial charge >= 0.3 is 0 Å². The van der Waals surface area contributed by atoms with Gasteiger partial charge < -0.3 is 5.73 Å². The number of nitrogens with two attached hydrogens (primary N) is 1. The van der Waals surface area contributed by atoms with Gasteiger partial charge in [0.2, 0.25) is 0 Å². The molecule has 2 rings (SSSR count). The number of aromatic nitrogens is 2. The number of nitrogen functional groups attached to an aromatic ring is 1. The standard InChI is InChI=1S/C10H11N3O2S/c1-16(14,15)10-4-2-9(3-5-10)13-7-8(11)6-12-13/h2-7H,11H2,1H3. The summed E-state index contributed by atoms with van der Waals surface area (Å²) in [5, 5.41) is 4.02. The lowest BCUT2D eigenvalue weighted by Crippen LogP contribution is -1.99. The first kappa shape index (κ1) is 10.7. The van der Waals surface area contributed by atoms with Gasteiger partial charge in [-0.05, 0) is 24.3 Å². The Labute approximate surface area is 93.4 Å². The molecule has 0 unspecified atom stereocenters. The highest BCUT2D eigenvalue weighted by Crippen LogP contribution is 2.14. The summed E-state index contributed by atoms with van der Waals surface area (Å²) >= 11 is 0. The molecule has 1 aromatic heterocycles. The maximum Gasteiger partial charge on any atom is 0.175 e. The first-order valence-corrected chi connectivity index (χ1v) is 6.46. The van der Waals surface area contributed by atoms with Crippen LogP contribution in [0.3, 0.4) is 0 Å². The van der Waals surface area contributed by atoms with Crippen LogP contribution >= 0.6 is 0 Å². The lowest BCUT2D eigenvalue weighted by Gasteiger charge is -2.02. The van der Waals surface area contributed by atoms with Gasteiger partial charge in [0.25, 0.3) is 0 Å². The smallest absolute Gasteiger partial charge is 0.175 e. The zero-order valence-electron chi connectivity index (χ0n) is 8.66. The Kier molecular flexibility index (Phi) is 2.43. The second-order valence-corrected chi connectivity index (χ2v) is 5.50. The maximum absolute atomic E-state index is 11.2. The summed E-state index contributed by atoms with van der Waals surface area (Å²) in [4.78, 5) is 0.288. The third-order valence-corrected chi connectivity index (χ3v) is 3.26. The van der Waals surface area contributed by atoms with E-state index in [0.717, 1.165) is 5.69 Å². The van der Waals surface area contributed by atoms with Gasteiger partial charge in [-0.3, -0.25) is 0 Å². The molecule has 5 nitrogen and oxygen atoms in total. The van der Waals surface area contributed by atoms with Crippen LogP contribution in [0, 0.1) is 0 Å². The van der Waals surface area contributed by atoms with E-state index in [2.05, 4.69) is 5.10 Å². The Morgan fingerprint density at radius 2 is 1.88 bits per heavy atom. The van der Waals surface area contributed by atoms with Gasteiger partial charge in [0.15, 0.2) is 9.84 Å². The number of nitrogens with zero attached hydrogens (tertiary/aromatic N) is 2. The van der Waals surface area contributed by atoms with Crippen molar-refractivity contribution in [3.8, 4) is 5.69 Å². The fourth-order valence-electron chi connectivity index (χ4n) is 1.32. The molecule has 16 heavy (non-hydrogen) atoms. The summed E-state index contributed by atoms with van der Waals surface area (Å²) in [6.45, 7) is 0. The number of rotatable bonds is 2. The molecule has 6 heteroatoms. The average Bonchev–Trinajstić information content (AvgIpc) is 2.64. The van der Waals surface area contributed by atoms with Crippen molar-refractivity contribution in [2.45, 2.75) is 4.90 Å². The van der Waals surface area contributed by atoms with Crippen molar-refractivity contribution >= 4 is 15.5 Å². The SMILES string of the molecule is CS(=O)(=O)c1ccc(-n2cc(N)cn2)cc1. The van der Waals surface area contributed by atoms with E-state index in [1.165, 1.54) is 12.5 Å². The third-order valence-electron chi connectivity index (χ3n) is 2.13. The van der Waals surface area contributed by atoms with Crippen LogP contribution in [0.2, 0.25) is 0 Å². The summed E-state index contributed by atoms with van der Waals surface area (Å²) in [7, 11) is -3.15. The molecule has 84 valence electrons. The summed E-state index contributed by atoms with van der Waals surface area (Å²) in [6, 6.07) is 6.46. The molecule has 0 aliphatic carbocycles. The number of hydrogen-bond donors (Lipinski definition) is 1. The molecule has 1 heterocycles. The van der Waals surface area contributed by atoms with Gasteiger partial charge in [-0.25, -0.2) is 13.1 Å². The lowest BCUT2D eigenvalue weighted by molar-refractivity contribution is 0.602. The molecule has 0 saturated heterocycles. The topological polar surface area (TPSA) is 78.0 Å². The quantitative estimate of drug-likeness (QED) is 0.840. The number of benzene rings is 1. The summed E-state index contributed by atoms with van der Waals surface area (Å²) in [5.41, 5.74) is 6.87. The van der Waals surface area contributed by atoms with Gasteiger partial charge in [0.1, 0.15) is 0 Å². The van der Waals surface area contributed by atoms with E-state index in [4.69, 9.17) is 5.73 Å². The largest absolute Gasteiger partial charge is 0.396 e. The number of hydrogen-bond acceptors (Lipinski definition) is 4. The van der Waals surface area contributed by atoms with Gasteiger partial charge in [-0.1, -0.05) is 0 Å². The highest BCUT2D eigenvalue weighted by atomic mass is 32.2. The lowest BCUT2D eigenvalue weighted by atomic mass is 10.3. The van der Waals surface area contributed by atoms with Crippen LogP contribution in [0.5, 0.6) is 0 Å². The van der Waals surface area contributed by atoms with E-state index in [0.29, 0.717) is 5.69 Å². The van der Waals surface area contributed by atoms with Gasteiger partial charge in [-0.15, -0.1) is 0 Å². The number of anilines is 1. The monoisotopic (exact) mass is 237 g/mol. The zero-order chi connectivity index (χ0) is 11.8. The molecule has 0 aliphatic rings. The van der Waals surface area contributed by atoms with Crippen molar-refractivity contribution < 1.29 is 8.42 Å². The Hall–Kier alpha value is -1.82. The van der Waals surface area contributed by atoms with E-state index in [-0.39, 0.29) is 4.90 Å². The van der Waals surface area contributed by atoms with Gasteiger partial charge in [-0.2, -0.15) is 5.10 Å². The minimum Gasteiger partial charge on any atom is -0.396 e. The van der Waals surface area contributed by atoms with Crippen molar-refractivity contribution in [3.05, 3.63) is 36.7 Å². The van der Waals surface area contributed by atoms with E-state index in [9.17, 15) is 8.42 Å². The van der Waals surface area contributed by atoms with Crippen molar-refractivity contribution in [2.75, 3.05) is 12.0 Å². The first-order valence-electron chi connectivity index (χ1n) is 4.57. The van der Waals surface area contributed by atoms with Crippen molar-refractivity contribution in [3.63, 3.8) is 0 Å². The Morgan fingerprint density at radius 3 is 2.31 bits per heavy atom. The van der Waals surface area contributed by atoms with E-state index in [1.807, 2.05) is 0 Å². The molecule has 0 amide bonds.